The van der Waals surface area contributed by atoms with E-state index in [1.54, 1.807) is 12.1 Å². The molecular formula is C27H32F4O3. The van der Waals surface area contributed by atoms with Crippen molar-refractivity contribution in [1.82, 2.24) is 0 Å². The highest BCUT2D eigenvalue weighted by Gasteiger charge is 2.29. The summed E-state index contributed by atoms with van der Waals surface area (Å²) >= 11 is 0. The first-order valence-corrected chi connectivity index (χ1v) is 12.2. The molecular weight excluding hydrogens is 448 g/mol. The van der Waals surface area contributed by atoms with Gasteiger partial charge in [-0.15, -0.1) is 0 Å². The van der Waals surface area contributed by atoms with Crippen LogP contribution in [0.3, 0.4) is 0 Å². The van der Waals surface area contributed by atoms with Gasteiger partial charge in [-0.05, 0) is 98.3 Å². The summed E-state index contributed by atoms with van der Waals surface area (Å²) in [7, 11) is 1.30. The molecule has 0 unspecified atom stereocenters. The quantitative estimate of drug-likeness (QED) is 0.440. The highest BCUT2D eigenvalue weighted by molar-refractivity contribution is 5.34. The lowest BCUT2D eigenvalue weighted by Crippen LogP contribution is -2.20. The van der Waals surface area contributed by atoms with Gasteiger partial charge in [-0.3, -0.25) is 0 Å². The molecule has 1 N–H and O–H groups in total. The van der Waals surface area contributed by atoms with Gasteiger partial charge in [0.15, 0.2) is 23.1 Å². The Morgan fingerprint density at radius 1 is 0.676 bits per heavy atom. The Kier molecular flexibility index (Phi) is 8.02. The molecule has 2 aromatic carbocycles. The fourth-order valence-electron chi connectivity index (χ4n) is 5.50. The Bertz CT molecular complexity index is 980. The van der Waals surface area contributed by atoms with Gasteiger partial charge in [0, 0.05) is 6.61 Å². The van der Waals surface area contributed by atoms with E-state index in [9.17, 15) is 22.7 Å². The first kappa shape index (κ1) is 24.8. The van der Waals surface area contributed by atoms with Crippen LogP contribution in [0, 0.1) is 35.1 Å². The molecule has 186 valence electrons. The third-order valence-corrected chi connectivity index (χ3v) is 7.68. The Hall–Kier alpha value is -2.28. The van der Waals surface area contributed by atoms with Gasteiger partial charge in [0.25, 0.3) is 0 Å². The van der Waals surface area contributed by atoms with Crippen LogP contribution in [0.2, 0.25) is 0 Å². The molecule has 2 aliphatic carbocycles. The monoisotopic (exact) mass is 480 g/mol. The van der Waals surface area contributed by atoms with Crippen LogP contribution in [0.25, 0.3) is 0 Å². The van der Waals surface area contributed by atoms with Crippen LogP contribution in [0.4, 0.5) is 17.6 Å². The maximum atomic E-state index is 14.8. The van der Waals surface area contributed by atoms with Crippen LogP contribution in [-0.4, -0.2) is 25.4 Å². The molecule has 7 heteroatoms. The number of aliphatic hydroxyl groups excluding tert-OH is 1. The second-order valence-electron chi connectivity index (χ2n) is 9.69. The van der Waals surface area contributed by atoms with Crippen molar-refractivity contribution in [3.63, 3.8) is 0 Å². The van der Waals surface area contributed by atoms with Gasteiger partial charge in [0.2, 0.25) is 11.6 Å². The lowest BCUT2D eigenvalue weighted by molar-refractivity contribution is 0.180. The average Bonchev–Trinajstić information content (AvgIpc) is 2.87. The molecule has 0 amide bonds. The highest BCUT2D eigenvalue weighted by atomic mass is 19.2. The van der Waals surface area contributed by atoms with Crippen molar-refractivity contribution in [3.05, 3.63) is 58.7 Å². The van der Waals surface area contributed by atoms with Crippen LogP contribution in [0.5, 0.6) is 11.5 Å². The fraction of sp³-hybridized carbons (Fsp3) is 0.556. The van der Waals surface area contributed by atoms with Gasteiger partial charge in [0.05, 0.1) is 13.7 Å². The van der Waals surface area contributed by atoms with Crippen molar-refractivity contribution in [3.8, 4) is 11.5 Å². The maximum Gasteiger partial charge on any atom is 0.200 e. The average molecular weight is 481 g/mol. The van der Waals surface area contributed by atoms with Gasteiger partial charge < -0.3 is 14.6 Å². The van der Waals surface area contributed by atoms with Gasteiger partial charge in [-0.25, -0.2) is 8.78 Å². The fourth-order valence-corrected chi connectivity index (χ4v) is 5.50. The molecule has 0 saturated heterocycles. The summed E-state index contributed by atoms with van der Waals surface area (Å²) in [4.78, 5) is 0. The maximum absolute atomic E-state index is 14.8. The second kappa shape index (κ2) is 11.0. The minimum atomic E-state index is -0.965. The topological polar surface area (TPSA) is 38.7 Å². The number of aliphatic hydroxyl groups is 1. The summed E-state index contributed by atoms with van der Waals surface area (Å²) in [5.41, 5.74) is 0.741. The number of ether oxygens (including phenoxy) is 2. The molecule has 0 atom stereocenters. The van der Waals surface area contributed by atoms with Crippen LogP contribution < -0.4 is 9.47 Å². The van der Waals surface area contributed by atoms with Gasteiger partial charge in [-0.1, -0.05) is 12.1 Å². The summed E-state index contributed by atoms with van der Waals surface area (Å²) in [6.07, 6.45) is 5.91. The Morgan fingerprint density at radius 2 is 1.15 bits per heavy atom. The van der Waals surface area contributed by atoms with Crippen LogP contribution in [0.1, 0.15) is 74.3 Å². The summed E-state index contributed by atoms with van der Waals surface area (Å²) in [5, 5.41) is 9.28. The predicted molar refractivity (Wildman–Crippen MR) is 121 cm³/mol. The van der Waals surface area contributed by atoms with E-state index in [0.717, 1.165) is 38.5 Å². The zero-order chi connectivity index (χ0) is 24.2. The third kappa shape index (κ3) is 5.19. The molecule has 2 aliphatic rings. The summed E-state index contributed by atoms with van der Waals surface area (Å²) in [6, 6.07) is 6.15. The van der Waals surface area contributed by atoms with Crippen molar-refractivity contribution >= 4 is 0 Å². The number of hydrogen-bond donors (Lipinski definition) is 1. The standard InChI is InChI=1S/C27H32F4O3/c1-33-22-12-10-20(24(28)26(22)30)19-8-4-17(5-9-19)15-34-23-13-11-21(25(29)27(23)31)18-6-2-16(14-32)3-7-18/h10-13,16-19,32H,2-9,14-15H2,1H3. The summed E-state index contributed by atoms with van der Waals surface area (Å²) in [5.74, 6) is -3.56. The van der Waals surface area contributed by atoms with Gasteiger partial charge in [0.1, 0.15) is 0 Å². The van der Waals surface area contributed by atoms with Crippen LogP contribution in [-0.2, 0) is 0 Å². The first-order valence-electron chi connectivity index (χ1n) is 12.2. The number of methoxy groups -OCH3 is 1. The van der Waals surface area contributed by atoms with E-state index in [2.05, 4.69) is 0 Å². The summed E-state index contributed by atoms with van der Waals surface area (Å²) < 4.78 is 68.4. The molecule has 34 heavy (non-hydrogen) atoms. The zero-order valence-electron chi connectivity index (χ0n) is 19.5. The molecule has 4 rings (SSSR count). The minimum absolute atomic E-state index is 0.0372. The van der Waals surface area contributed by atoms with E-state index in [4.69, 9.17) is 9.47 Å². The Balaban J connectivity index is 1.32. The van der Waals surface area contributed by atoms with Crippen LogP contribution >= 0.6 is 0 Å². The van der Waals surface area contributed by atoms with Crippen molar-refractivity contribution in [2.45, 2.75) is 63.2 Å². The number of halogens is 4. The molecule has 0 spiro atoms. The van der Waals surface area contributed by atoms with E-state index in [1.165, 1.54) is 19.2 Å². The van der Waals surface area contributed by atoms with E-state index < -0.39 is 23.3 Å². The van der Waals surface area contributed by atoms with Crippen molar-refractivity contribution in [2.24, 2.45) is 11.8 Å². The SMILES string of the molecule is COc1ccc(C2CCC(COc3ccc(C4CCC(CO)CC4)c(F)c3F)CC2)c(F)c1F. The molecule has 0 aromatic heterocycles. The van der Waals surface area contributed by atoms with E-state index in [1.807, 2.05) is 0 Å². The largest absolute Gasteiger partial charge is 0.494 e. The number of rotatable bonds is 7. The van der Waals surface area contributed by atoms with E-state index >= 15 is 0 Å². The molecule has 0 heterocycles. The lowest BCUT2D eigenvalue weighted by atomic mass is 9.78. The molecule has 0 aliphatic heterocycles. The second-order valence-corrected chi connectivity index (χ2v) is 9.69. The molecule has 2 fully saturated rings. The summed E-state index contributed by atoms with van der Waals surface area (Å²) in [6.45, 7) is 0.396. The zero-order valence-corrected chi connectivity index (χ0v) is 19.5. The Labute approximate surface area is 198 Å². The van der Waals surface area contributed by atoms with Crippen molar-refractivity contribution in [1.29, 1.82) is 0 Å². The predicted octanol–water partition coefficient (Wildman–Crippen LogP) is 6.87. The van der Waals surface area contributed by atoms with Crippen LogP contribution in [0.15, 0.2) is 24.3 Å². The number of hydrogen-bond acceptors (Lipinski definition) is 3. The first-order chi connectivity index (χ1) is 16.4. The normalized spacial score (nSPS) is 25.2. The third-order valence-electron chi connectivity index (χ3n) is 7.68. The number of benzene rings is 2. The van der Waals surface area contributed by atoms with E-state index in [-0.39, 0.29) is 48.4 Å². The van der Waals surface area contributed by atoms with Gasteiger partial charge >= 0.3 is 0 Å². The molecule has 0 radical (unpaired) electrons. The van der Waals surface area contributed by atoms with E-state index in [0.29, 0.717) is 24.0 Å². The Morgan fingerprint density at radius 3 is 1.65 bits per heavy atom. The molecule has 2 aromatic rings. The lowest BCUT2D eigenvalue weighted by Gasteiger charge is -2.29. The van der Waals surface area contributed by atoms with Gasteiger partial charge in [-0.2, -0.15) is 8.78 Å². The molecule has 2 saturated carbocycles. The highest BCUT2D eigenvalue weighted by Crippen LogP contribution is 2.40. The molecule has 0 bridgehead atoms. The van der Waals surface area contributed by atoms with Crippen molar-refractivity contribution < 1.29 is 32.1 Å². The minimum Gasteiger partial charge on any atom is -0.494 e. The molecule has 3 nitrogen and oxygen atoms in total. The smallest absolute Gasteiger partial charge is 0.200 e. The van der Waals surface area contributed by atoms with Crippen molar-refractivity contribution in [2.75, 3.05) is 20.3 Å².